The number of amides is 1. The molecular weight excluding hydrogens is 290 g/mol. The van der Waals surface area contributed by atoms with Crippen LogP contribution in [-0.4, -0.2) is 46.9 Å². The van der Waals surface area contributed by atoms with Gasteiger partial charge in [0.05, 0.1) is 0 Å². The third-order valence-corrected chi connectivity index (χ3v) is 4.83. The van der Waals surface area contributed by atoms with E-state index in [-0.39, 0.29) is 11.5 Å². The van der Waals surface area contributed by atoms with E-state index in [0.29, 0.717) is 12.6 Å². The molecule has 0 bridgehead atoms. The number of H-pyrrole nitrogens is 1. The number of nitrogens with one attached hydrogen (secondary N) is 1. The molecule has 0 radical (unpaired) electrons. The smallest absolute Gasteiger partial charge is 0.252 e. The Balaban J connectivity index is 1.68. The number of hydrogen-bond acceptors (Lipinski definition) is 3. The van der Waals surface area contributed by atoms with Crippen LogP contribution in [0.15, 0.2) is 35.1 Å². The molecule has 122 valence electrons. The number of benzene rings is 1. The van der Waals surface area contributed by atoms with Crippen molar-refractivity contribution in [3.63, 3.8) is 0 Å². The van der Waals surface area contributed by atoms with Crippen LogP contribution < -0.4 is 5.56 Å². The molecule has 0 atom stereocenters. The van der Waals surface area contributed by atoms with Gasteiger partial charge in [-0.3, -0.25) is 14.5 Å². The lowest BCUT2D eigenvalue weighted by Crippen LogP contribution is -2.45. The number of carbonyl (C=O) groups excluding carboxylic acids is 1. The maximum atomic E-state index is 12.2. The summed E-state index contributed by atoms with van der Waals surface area (Å²) in [5.74, 6) is 0.120. The summed E-state index contributed by atoms with van der Waals surface area (Å²) in [6.07, 6.45) is 1.92. The second kappa shape index (κ2) is 6.54. The highest BCUT2D eigenvalue weighted by Crippen LogP contribution is 2.18. The fraction of sp³-hybridized carbons (Fsp3) is 0.444. The number of carbonyl (C=O) groups is 1. The lowest BCUT2D eigenvalue weighted by atomic mass is 10.0. The number of hydrogen-bond donors (Lipinski definition) is 1. The van der Waals surface area contributed by atoms with Crippen molar-refractivity contribution in [1.29, 1.82) is 0 Å². The second-order valence-corrected chi connectivity index (χ2v) is 6.35. The van der Waals surface area contributed by atoms with Crippen molar-refractivity contribution in [1.82, 2.24) is 14.8 Å². The number of fused-ring (bicyclic) bond motifs is 1. The highest BCUT2D eigenvalue weighted by molar-refractivity contribution is 5.78. The first-order chi connectivity index (χ1) is 11.0. The molecule has 1 aliphatic rings. The first-order valence-electron chi connectivity index (χ1n) is 8.11. The molecule has 23 heavy (non-hydrogen) atoms. The largest absolute Gasteiger partial charge is 0.343 e. The summed E-state index contributed by atoms with van der Waals surface area (Å²) in [4.78, 5) is 30.8. The summed E-state index contributed by atoms with van der Waals surface area (Å²) in [5.41, 5.74) is 1.68. The SMILES string of the molecule is CC(=O)N(C)C1CCN(Cc2cc3ccccc3[nH]c2=O)CC1. The molecule has 1 amide bonds. The van der Waals surface area contributed by atoms with Crippen LogP contribution in [0.4, 0.5) is 0 Å². The predicted octanol–water partition coefficient (Wildman–Crippen LogP) is 1.97. The van der Waals surface area contributed by atoms with E-state index in [1.807, 2.05) is 42.3 Å². The van der Waals surface area contributed by atoms with E-state index in [2.05, 4.69) is 9.88 Å². The molecule has 0 unspecified atom stereocenters. The van der Waals surface area contributed by atoms with Gasteiger partial charge in [0.25, 0.3) is 5.56 Å². The van der Waals surface area contributed by atoms with E-state index in [0.717, 1.165) is 42.4 Å². The van der Waals surface area contributed by atoms with E-state index in [4.69, 9.17) is 0 Å². The molecule has 2 aromatic rings. The molecule has 1 aromatic heterocycles. The summed E-state index contributed by atoms with van der Waals surface area (Å²) in [6.45, 7) is 4.10. The molecule has 1 aliphatic heterocycles. The summed E-state index contributed by atoms with van der Waals surface area (Å²) in [5, 5.41) is 1.06. The molecule has 0 saturated carbocycles. The lowest BCUT2D eigenvalue weighted by Gasteiger charge is -2.36. The van der Waals surface area contributed by atoms with Crippen LogP contribution in [0.1, 0.15) is 25.3 Å². The Hall–Kier alpha value is -2.14. The topological polar surface area (TPSA) is 56.4 Å². The average molecular weight is 313 g/mol. The number of aromatic nitrogens is 1. The normalized spacial score (nSPS) is 16.6. The van der Waals surface area contributed by atoms with Crippen molar-refractivity contribution >= 4 is 16.8 Å². The fourth-order valence-electron chi connectivity index (χ4n) is 3.27. The first kappa shape index (κ1) is 15.7. The number of likely N-dealkylation sites (tertiary alicyclic amines) is 1. The molecule has 2 heterocycles. The van der Waals surface area contributed by atoms with Gasteiger partial charge < -0.3 is 9.88 Å². The Morgan fingerprint density at radius 1 is 1.30 bits per heavy atom. The molecule has 3 rings (SSSR count). The number of rotatable bonds is 3. The third-order valence-electron chi connectivity index (χ3n) is 4.83. The number of para-hydroxylation sites is 1. The molecule has 5 nitrogen and oxygen atoms in total. The molecule has 5 heteroatoms. The highest BCUT2D eigenvalue weighted by atomic mass is 16.2. The number of piperidine rings is 1. The quantitative estimate of drug-likeness (QED) is 0.942. The van der Waals surface area contributed by atoms with Crippen LogP contribution in [0, 0.1) is 0 Å². The number of nitrogens with zero attached hydrogens (tertiary/aromatic N) is 2. The van der Waals surface area contributed by atoms with E-state index < -0.39 is 0 Å². The van der Waals surface area contributed by atoms with Crippen molar-refractivity contribution in [3.05, 3.63) is 46.2 Å². The molecular formula is C18H23N3O2. The van der Waals surface area contributed by atoms with Gasteiger partial charge in [-0.25, -0.2) is 0 Å². The predicted molar refractivity (Wildman–Crippen MR) is 91.3 cm³/mol. The Morgan fingerprint density at radius 3 is 2.70 bits per heavy atom. The molecule has 0 aliphatic carbocycles. The molecule has 1 N–H and O–H groups in total. The lowest BCUT2D eigenvalue weighted by molar-refractivity contribution is -0.130. The van der Waals surface area contributed by atoms with Gasteiger partial charge in [0, 0.05) is 50.7 Å². The first-order valence-corrected chi connectivity index (χ1v) is 8.11. The van der Waals surface area contributed by atoms with Gasteiger partial charge >= 0.3 is 0 Å². The summed E-state index contributed by atoms with van der Waals surface area (Å²) < 4.78 is 0. The van der Waals surface area contributed by atoms with Crippen LogP contribution in [0.2, 0.25) is 0 Å². The van der Waals surface area contributed by atoms with Gasteiger partial charge in [0.1, 0.15) is 0 Å². The van der Waals surface area contributed by atoms with Crippen molar-refractivity contribution in [2.24, 2.45) is 0 Å². The average Bonchev–Trinajstić information content (AvgIpc) is 2.55. The summed E-state index contributed by atoms with van der Waals surface area (Å²) >= 11 is 0. The number of aromatic amines is 1. The van der Waals surface area contributed by atoms with Crippen LogP contribution in [0.3, 0.4) is 0 Å². The van der Waals surface area contributed by atoms with E-state index >= 15 is 0 Å². The van der Waals surface area contributed by atoms with E-state index in [9.17, 15) is 9.59 Å². The van der Waals surface area contributed by atoms with E-state index in [1.54, 1.807) is 6.92 Å². The van der Waals surface area contributed by atoms with Crippen LogP contribution in [0.5, 0.6) is 0 Å². The second-order valence-electron chi connectivity index (χ2n) is 6.35. The van der Waals surface area contributed by atoms with Gasteiger partial charge in [0.2, 0.25) is 5.91 Å². The van der Waals surface area contributed by atoms with Crippen molar-refractivity contribution in [2.75, 3.05) is 20.1 Å². The zero-order valence-corrected chi connectivity index (χ0v) is 13.7. The van der Waals surface area contributed by atoms with Gasteiger partial charge in [-0.05, 0) is 30.4 Å². The van der Waals surface area contributed by atoms with Gasteiger partial charge in [-0.1, -0.05) is 18.2 Å². The highest BCUT2D eigenvalue weighted by Gasteiger charge is 2.24. The Labute approximate surface area is 135 Å². The fourth-order valence-corrected chi connectivity index (χ4v) is 3.27. The minimum atomic E-state index is -0.00771. The molecule has 1 saturated heterocycles. The Bertz CT molecular complexity index is 760. The Morgan fingerprint density at radius 2 is 2.00 bits per heavy atom. The molecule has 1 fully saturated rings. The third kappa shape index (κ3) is 3.45. The summed E-state index contributed by atoms with van der Waals surface area (Å²) in [6, 6.07) is 10.1. The molecule has 1 aromatic carbocycles. The molecule has 0 spiro atoms. The monoisotopic (exact) mass is 313 g/mol. The van der Waals surface area contributed by atoms with Crippen molar-refractivity contribution in [3.8, 4) is 0 Å². The van der Waals surface area contributed by atoms with E-state index in [1.165, 1.54) is 0 Å². The van der Waals surface area contributed by atoms with Crippen LogP contribution in [0.25, 0.3) is 10.9 Å². The summed E-state index contributed by atoms with van der Waals surface area (Å²) in [7, 11) is 1.87. The van der Waals surface area contributed by atoms with Crippen LogP contribution in [-0.2, 0) is 11.3 Å². The van der Waals surface area contributed by atoms with Crippen molar-refractivity contribution in [2.45, 2.75) is 32.4 Å². The maximum absolute atomic E-state index is 12.2. The van der Waals surface area contributed by atoms with Crippen molar-refractivity contribution < 1.29 is 4.79 Å². The standard InChI is InChI=1S/C18H23N3O2/c1-13(22)20(2)16-7-9-21(10-8-16)12-15-11-14-5-3-4-6-17(14)19-18(15)23/h3-6,11,16H,7-10,12H2,1-2H3,(H,19,23). The zero-order valence-electron chi connectivity index (χ0n) is 13.7. The Kier molecular flexibility index (Phi) is 4.48. The van der Waals surface area contributed by atoms with Gasteiger partial charge in [-0.15, -0.1) is 0 Å². The minimum Gasteiger partial charge on any atom is -0.343 e. The maximum Gasteiger partial charge on any atom is 0.252 e. The van der Waals surface area contributed by atoms with Gasteiger partial charge in [-0.2, -0.15) is 0 Å². The van der Waals surface area contributed by atoms with Crippen LogP contribution >= 0.6 is 0 Å². The zero-order chi connectivity index (χ0) is 16.4. The number of pyridine rings is 1. The van der Waals surface area contributed by atoms with Gasteiger partial charge in [0.15, 0.2) is 0 Å². The minimum absolute atomic E-state index is 0.00771.